The summed E-state index contributed by atoms with van der Waals surface area (Å²) in [4.78, 5) is 13.9. The summed E-state index contributed by atoms with van der Waals surface area (Å²) < 4.78 is 32.0. The van der Waals surface area contributed by atoms with Crippen molar-refractivity contribution in [2.75, 3.05) is 31.7 Å². The molecule has 0 aromatic heterocycles. The molecule has 1 N–H and O–H groups in total. The number of rotatable bonds is 8. The minimum Gasteiger partial charge on any atom is -0.383 e. The molecule has 0 aliphatic rings. The quantitative estimate of drug-likeness (QED) is 0.726. The minimum atomic E-state index is -0.393. The van der Waals surface area contributed by atoms with E-state index in [2.05, 4.69) is 5.32 Å². The van der Waals surface area contributed by atoms with E-state index in [1.807, 2.05) is 0 Å². The summed E-state index contributed by atoms with van der Waals surface area (Å²) in [5, 5.41) is 2.96. The number of hydrogen-bond acceptors (Lipinski definition) is 3. The zero-order valence-corrected chi connectivity index (χ0v) is 14.7. The van der Waals surface area contributed by atoms with Gasteiger partial charge in [0.1, 0.15) is 11.6 Å². The van der Waals surface area contributed by atoms with Crippen LogP contribution >= 0.6 is 12.4 Å². The highest BCUT2D eigenvalue weighted by Crippen LogP contribution is 2.19. The van der Waals surface area contributed by atoms with E-state index in [0.29, 0.717) is 24.4 Å². The van der Waals surface area contributed by atoms with Crippen molar-refractivity contribution in [1.29, 1.82) is 0 Å². The Morgan fingerprint density at radius 2 is 1.80 bits per heavy atom. The Morgan fingerprint density at radius 3 is 2.44 bits per heavy atom. The van der Waals surface area contributed by atoms with Gasteiger partial charge < -0.3 is 15.0 Å². The van der Waals surface area contributed by atoms with Crippen LogP contribution in [0.25, 0.3) is 0 Å². The maximum absolute atomic E-state index is 13.9. The Balaban J connectivity index is 0.00000312. The lowest BCUT2D eigenvalue weighted by molar-refractivity contribution is -0.118. The van der Waals surface area contributed by atoms with Gasteiger partial charge in [0, 0.05) is 24.9 Å². The monoisotopic (exact) mass is 370 g/mol. The predicted octanol–water partition coefficient (Wildman–Crippen LogP) is 3.16. The molecular formula is C18H21ClF2N2O2. The van der Waals surface area contributed by atoms with Crippen molar-refractivity contribution < 1.29 is 18.3 Å². The molecule has 0 atom stereocenters. The molecule has 25 heavy (non-hydrogen) atoms. The van der Waals surface area contributed by atoms with E-state index in [0.717, 1.165) is 0 Å². The molecule has 0 aliphatic heterocycles. The predicted molar refractivity (Wildman–Crippen MR) is 96.0 cm³/mol. The van der Waals surface area contributed by atoms with Gasteiger partial charge in [-0.1, -0.05) is 18.2 Å². The van der Waals surface area contributed by atoms with Crippen molar-refractivity contribution in [3.63, 3.8) is 0 Å². The van der Waals surface area contributed by atoms with Crippen LogP contribution in [0.3, 0.4) is 0 Å². The molecule has 2 rings (SSSR count). The number of amides is 1. The lowest BCUT2D eigenvalue weighted by Crippen LogP contribution is -2.39. The fraction of sp³-hybridized carbons (Fsp3) is 0.278. The van der Waals surface area contributed by atoms with Crippen molar-refractivity contribution in [2.24, 2.45) is 0 Å². The van der Waals surface area contributed by atoms with E-state index in [9.17, 15) is 13.6 Å². The third-order valence-electron chi connectivity index (χ3n) is 3.48. The normalized spacial score (nSPS) is 10.2. The first kappa shape index (κ1) is 21.0. The first-order chi connectivity index (χ1) is 11.6. The number of nitrogens with one attached hydrogen (secondary N) is 1. The van der Waals surface area contributed by atoms with Crippen LogP contribution in [0.15, 0.2) is 48.5 Å². The van der Waals surface area contributed by atoms with Gasteiger partial charge in [-0.2, -0.15) is 0 Å². The molecule has 0 bridgehead atoms. The summed E-state index contributed by atoms with van der Waals surface area (Å²) in [6.45, 7) is 1.16. The summed E-state index contributed by atoms with van der Waals surface area (Å²) in [5.74, 6) is -1.01. The number of halogens is 3. The lowest BCUT2D eigenvalue weighted by Gasteiger charge is -2.23. The van der Waals surface area contributed by atoms with Gasteiger partial charge in [-0.3, -0.25) is 4.79 Å². The lowest BCUT2D eigenvalue weighted by atomic mass is 10.1. The smallest absolute Gasteiger partial charge is 0.241 e. The number of carbonyl (C=O) groups is 1. The van der Waals surface area contributed by atoms with Crippen LogP contribution in [0.5, 0.6) is 0 Å². The van der Waals surface area contributed by atoms with Crippen molar-refractivity contribution >= 4 is 24.0 Å². The van der Waals surface area contributed by atoms with Crippen LogP contribution in [0.2, 0.25) is 0 Å². The molecule has 2 aromatic rings. The second-order valence-corrected chi connectivity index (χ2v) is 5.22. The van der Waals surface area contributed by atoms with Gasteiger partial charge in [-0.05, 0) is 30.3 Å². The molecule has 0 radical (unpaired) electrons. The molecular weight excluding hydrogens is 350 g/mol. The van der Waals surface area contributed by atoms with E-state index >= 15 is 0 Å². The van der Waals surface area contributed by atoms with Crippen molar-refractivity contribution in [3.05, 3.63) is 65.7 Å². The molecule has 4 nitrogen and oxygen atoms in total. The van der Waals surface area contributed by atoms with Crippen LogP contribution < -0.4 is 10.2 Å². The Labute approximate surface area is 152 Å². The second kappa shape index (κ2) is 10.8. The summed E-state index contributed by atoms with van der Waals surface area (Å²) >= 11 is 0. The Hall–Kier alpha value is -2.02. The van der Waals surface area contributed by atoms with Gasteiger partial charge in [0.25, 0.3) is 0 Å². The largest absolute Gasteiger partial charge is 0.383 e. The molecule has 0 heterocycles. The fourth-order valence-electron chi connectivity index (χ4n) is 2.21. The van der Waals surface area contributed by atoms with Crippen LogP contribution in [0.1, 0.15) is 5.56 Å². The summed E-state index contributed by atoms with van der Waals surface area (Å²) in [7, 11) is 1.58. The number of ether oxygens (including phenoxy) is 1. The fourth-order valence-corrected chi connectivity index (χ4v) is 2.21. The minimum absolute atomic E-state index is 0. The topological polar surface area (TPSA) is 41.6 Å². The Morgan fingerprint density at radius 1 is 1.12 bits per heavy atom. The number of benzene rings is 2. The standard InChI is InChI=1S/C18H20F2N2O2.ClH/c1-24-11-10-21-12-18(23)22(16-8-6-15(19)7-9-16)13-14-4-2-3-5-17(14)20;/h2-9,21H,10-13H2,1H3;1H. The highest BCUT2D eigenvalue weighted by Gasteiger charge is 2.17. The maximum Gasteiger partial charge on any atom is 0.241 e. The zero-order valence-electron chi connectivity index (χ0n) is 13.9. The molecule has 1 amide bonds. The number of carbonyl (C=O) groups excluding carboxylic acids is 1. The molecule has 0 saturated carbocycles. The number of anilines is 1. The average molecular weight is 371 g/mol. The van der Waals surface area contributed by atoms with E-state index in [4.69, 9.17) is 4.74 Å². The van der Waals surface area contributed by atoms with Gasteiger partial charge >= 0.3 is 0 Å². The molecule has 0 fully saturated rings. The third kappa shape index (κ3) is 6.42. The number of hydrogen-bond donors (Lipinski definition) is 1. The SMILES string of the molecule is COCCNCC(=O)N(Cc1ccccc1F)c1ccc(F)cc1.Cl. The summed E-state index contributed by atoms with van der Waals surface area (Å²) in [6, 6.07) is 11.8. The highest BCUT2D eigenvalue weighted by molar-refractivity contribution is 5.94. The van der Waals surface area contributed by atoms with Gasteiger partial charge in [0.2, 0.25) is 5.91 Å². The third-order valence-corrected chi connectivity index (χ3v) is 3.48. The highest BCUT2D eigenvalue weighted by atomic mass is 35.5. The van der Waals surface area contributed by atoms with Crippen molar-refractivity contribution in [2.45, 2.75) is 6.54 Å². The first-order valence-electron chi connectivity index (χ1n) is 7.61. The van der Waals surface area contributed by atoms with Crippen molar-refractivity contribution in [3.8, 4) is 0 Å². The molecule has 7 heteroatoms. The van der Waals surface area contributed by atoms with Crippen LogP contribution in [0.4, 0.5) is 14.5 Å². The van der Waals surface area contributed by atoms with Crippen LogP contribution in [0, 0.1) is 11.6 Å². The second-order valence-electron chi connectivity index (χ2n) is 5.22. The Kier molecular flexibility index (Phi) is 9.05. The molecule has 136 valence electrons. The maximum atomic E-state index is 13.9. The summed E-state index contributed by atoms with van der Waals surface area (Å²) in [5.41, 5.74) is 0.908. The van der Waals surface area contributed by atoms with E-state index in [-0.39, 0.29) is 37.2 Å². The molecule has 2 aromatic carbocycles. The zero-order chi connectivity index (χ0) is 17.4. The van der Waals surface area contributed by atoms with E-state index in [1.54, 1.807) is 25.3 Å². The number of methoxy groups -OCH3 is 1. The van der Waals surface area contributed by atoms with Crippen LogP contribution in [-0.2, 0) is 16.1 Å². The van der Waals surface area contributed by atoms with Gasteiger partial charge in [-0.25, -0.2) is 8.78 Å². The first-order valence-corrected chi connectivity index (χ1v) is 7.61. The van der Waals surface area contributed by atoms with E-state index < -0.39 is 5.82 Å². The van der Waals surface area contributed by atoms with Gasteiger partial charge in [0.15, 0.2) is 0 Å². The molecule has 0 saturated heterocycles. The van der Waals surface area contributed by atoms with Crippen LogP contribution in [-0.4, -0.2) is 32.7 Å². The van der Waals surface area contributed by atoms with E-state index in [1.165, 1.54) is 35.2 Å². The number of nitrogens with zero attached hydrogens (tertiary/aromatic N) is 1. The summed E-state index contributed by atoms with van der Waals surface area (Å²) in [6.07, 6.45) is 0. The molecule has 0 spiro atoms. The van der Waals surface area contributed by atoms with Gasteiger partial charge in [-0.15, -0.1) is 12.4 Å². The molecule has 0 unspecified atom stereocenters. The average Bonchev–Trinajstić information content (AvgIpc) is 2.59. The van der Waals surface area contributed by atoms with Gasteiger partial charge in [0.05, 0.1) is 19.7 Å². The van der Waals surface area contributed by atoms with Crippen molar-refractivity contribution in [1.82, 2.24) is 5.32 Å². The molecule has 0 aliphatic carbocycles. The Bertz CT molecular complexity index is 668.